The summed E-state index contributed by atoms with van der Waals surface area (Å²) in [6.07, 6.45) is 7.03. The molecule has 1 aliphatic rings. The predicted octanol–water partition coefficient (Wildman–Crippen LogP) is 2.98. The number of hydrogen-bond donors (Lipinski definition) is 1. The Balaban J connectivity index is 2.70. The molecule has 1 unspecified atom stereocenters. The zero-order chi connectivity index (χ0) is 12.4. The summed E-state index contributed by atoms with van der Waals surface area (Å²) in [6, 6.07) is 0.0252. The van der Waals surface area contributed by atoms with Gasteiger partial charge in [-0.1, -0.05) is 39.8 Å². The minimum Gasteiger partial charge on any atom is -0.383 e. The van der Waals surface area contributed by atoms with Crippen molar-refractivity contribution in [1.29, 1.82) is 0 Å². The van der Waals surface area contributed by atoms with Gasteiger partial charge in [-0.05, 0) is 29.6 Å². The van der Waals surface area contributed by atoms with E-state index >= 15 is 0 Å². The van der Waals surface area contributed by atoms with Crippen LogP contribution >= 0.6 is 0 Å². The molecular weight excluding hydrogens is 198 g/mol. The van der Waals surface area contributed by atoms with E-state index in [1.807, 2.05) is 0 Å². The SMILES string of the molecule is COCC(N)/C=C\C1C(C)(C)CCC1(C)C. The van der Waals surface area contributed by atoms with Gasteiger partial charge < -0.3 is 10.5 Å². The van der Waals surface area contributed by atoms with Gasteiger partial charge in [-0.2, -0.15) is 0 Å². The van der Waals surface area contributed by atoms with Crippen LogP contribution in [0.1, 0.15) is 40.5 Å². The van der Waals surface area contributed by atoms with Crippen LogP contribution in [0.4, 0.5) is 0 Å². The van der Waals surface area contributed by atoms with Gasteiger partial charge in [-0.3, -0.25) is 0 Å². The van der Waals surface area contributed by atoms with Gasteiger partial charge in [0.2, 0.25) is 0 Å². The molecule has 1 atom stereocenters. The van der Waals surface area contributed by atoms with E-state index in [4.69, 9.17) is 10.5 Å². The summed E-state index contributed by atoms with van der Waals surface area (Å²) in [5.74, 6) is 0.614. The van der Waals surface area contributed by atoms with Crippen LogP contribution in [0.25, 0.3) is 0 Å². The molecule has 1 fully saturated rings. The van der Waals surface area contributed by atoms with Crippen molar-refractivity contribution in [1.82, 2.24) is 0 Å². The van der Waals surface area contributed by atoms with E-state index in [1.54, 1.807) is 7.11 Å². The molecule has 1 rings (SSSR count). The van der Waals surface area contributed by atoms with Crippen molar-refractivity contribution in [2.45, 2.75) is 46.6 Å². The molecule has 0 spiro atoms. The van der Waals surface area contributed by atoms with Gasteiger partial charge in [0, 0.05) is 13.2 Å². The van der Waals surface area contributed by atoms with E-state index in [0.717, 1.165) is 0 Å². The minimum absolute atomic E-state index is 0.0252. The van der Waals surface area contributed by atoms with Gasteiger partial charge >= 0.3 is 0 Å². The van der Waals surface area contributed by atoms with Crippen LogP contribution in [0, 0.1) is 16.7 Å². The lowest BCUT2D eigenvalue weighted by molar-refractivity contribution is 0.189. The fourth-order valence-corrected chi connectivity index (χ4v) is 3.04. The standard InChI is InChI=1S/C14H27NO/c1-13(2)8-9-14(3,4)12(13)7-6-11(15)10-16-5/h6-7,11-12H,8-10,15H2,1-5H3/b7-6-. The summed E-state index contributed by atoms with van der Waals surface area (Å²) in [4.78, 5) is 0. The second-order valence-electron chi connectivity index (χ2n) is 6.46. The van der Waals surface area contributed by atoms with E-state index < -0.39 is 0 Å². The summed E-state index contributed by atoms with van der Waals surface area (Å²) in [7, 11) is 1.69. The van der Waals surface area contributed by atoms with E-state index in [0.29, 0.717) is 23.4 Å². The fourth-order valence-electron chi connectivity index (χ4n) is 3.04. The number of methoxy groups -OCH3 is 1. The van der Waals surface area contributed by atoms with Crippen molar-refractivity contribution in [2.24, 2.45) is 22.5 Å². The highest BCUT2D eigenvalue weighted by atomic mass is 16.5. The molecule has 0 radical (unpaired) electrons. The topological polar surface area (TPSA) is 35.2 Å². The molecule has 0 aliphatic heterocycles. The Bertz CT molecular complexity index is 239. The maximum Gasteiger partial charge on any atom is 0.0649 e. The molecule has 0 saturated heterocycles. The molecule has 1 saturated carbocycles. The van der Waals surface area contributed by atoms with Crippen LogP contribution in [-0.4, -0.2) is 19.8 Å². The molecule has 0 bridgehead atoms. The third-order valence-corrected chi connectivity index (χ3v) is 4.01. The van der Waals surface area contributed by atoms with Crippen molar-refractivity contribution in [2.75, 3.05) is 13.7 Å². The first kappa shape index (κ1) is 13.7. The molecule has 16 heavy (non-hydrogen) atoms. The lowest BCUT2D eigenvalue weighted by Crippen LogP contribution is -2.28. The summed E-state index contributed by atoms with van der Waals surface area (Å²) < 4.78 is 5.05. The summed E-state index contributed by atoms with van der Waals surface area (Å²) in [5.41, 5.74) is 6.72. The van der Waals surface area contributed by atoms with E-state index in [-0.39, 0.29) is 6.04 Å². The third-order valence-electron chi connectivity index (χ3n) is 4.01. The molecule has 94 valence electrons. The number of nitrogens with two attached hydrogens (primary N) is 1. The lowest BCUT2D eigenvalue weighted by atomic mass is 9.72. The highest BCUT2D eigenvalue weighted by molar-refractivity contribution is 5.08. The fraction of sp³-hybridized carbons (Fsp3) is 0.857. The molecule has 0 aromatic rings. The van der Waals surface area contributed by atoms with E-state index in [9.17, 15) is 0 Å². The molecule has 1 aliphatic carbocycles. The van der Waals surface area contributed by atoms with Gasteiger partial charge in [0.05, 0.1) is 6.61 Å². The summed E-state index contributed by atoms with van der Waals surface area (Å²) >= 11 is 0. The number of hydrogen-bond acceptors (Lipinski definition) is 2. The third kappa shape index (κ3) is 3.08. The Kier molecular flexibility index (Phi) is 4.19. The van der Waals surface area contributed by atoms with E-state index in [1.165, 1.54) is 12.8 Å². The Morgan fingerprint density at radius 3 is 2.19 bits per heavy atom. The average Bonchev–Trinajstić information content (AvgIpc) is 2.35. The zero-order valence-corrected chi connectivity index (χ0v) is 11.4. The van der Waals surface area contributed by atoms with Crippen LogP contribution < -0.4 is 5.73 Å². The largest absolute Gasteiger partial charge is 0.383 e. The van der Waals surface area contributed by atoms with Crippen molar-refractivity contribution in [3.05, 3.63) is 12.2 Å². The van der Waals surface area contributed by atoms with Crippen LogP contribution in [0.15, 0.2) is 12.2 Å². The average molecular weight is 225 g/mol. The molecule has 0 aromatic heterocycles. The number of allylic oxidation sites excluding steroid dienone is 1. The van der Waals surface area contributed by atoms with Crippen LogP contribution in [0.3, 0.4) is 0 Å². The van der Waals surface area contributed by atoms with Crippen molar-refractivity contribution >= 4 is 0 Å². The number of ether oxygens (including phenoxy) is 1. The molecule has 2 N–H and O–H groups in total. The first-order chi connectivity index (χ1) is 7.29. The quantitative estimate of drug-likeness (QED) is 0.747. The highest BCUT2D eigenvalue weighted by Crippen LogP contribution is 2.54. The van der Waals surface area contributed by atoms with Gasteiger partial charge in [0.15, 0.2) is 0 Å². The lowest BCUT2D eigenvalue weighted by Gasteiger charge is -2.33. The minimum atomic E-state index is 0.0252. The Hall–Kier alpha value is -0.340. The van der Waals surface area contributed by atoms with Gasteiger partial charge in [-0.25, -0.2) is 0 Å². The van der Waals surface area contributed by atoms with Gasteiger partial charge in [0.1, 0.15) is 0 Å². The second-order valence-corrected chi connectivity index (χ2v) is 6.46. The van der Waals surface area contributed by atoms with Crippen LogP contribution in [0.5, 0.6) is 0 Å². The van der Waals surface area contributed by atoms with Crippen molar-refractivity contribution in [3.8, 4) is 0 Å². The first-order valence-corrected chi connectivity index (χ1v) is 6.22. The van der Waals surface area contributed by atoms with Gasteiger partial charge in [-0.15, -0.1) is 0 Å². The van der Waals surface area contributed by atoms with E-state index in [2.05, 4.69) is 39.8 Å². The first-order valence-electron chi connectivity index (χ1n) is 6.22. The highest BCUT2D eigenvalue weighted by Gasteiger charge is 2.45. The van der Waals surface area contributed by atoms with Crippen LogP contribution in [0.2, 0.25) is 0 Å². The normalized spacial score (nSPS) is 26.4. The van der Waals surface area contributed by atoms with Crippen molar-refractivity contribution < 1.29 is 4.74 Å². The van der Waals surface area contributed by atoms with Crippen molar-refractivity contribution in [3.63, 3.8) is 0 Å². The zero-order valence-electron chi connectivity index (χ0n) is 11.4. The Morgan fingerprint density at radius 2 is 1.75 bits per heavy atom. The summed E-state index contributed by atoms with van der Waals surface area (Å²) in [6.45, 7) is 10.0. The Morgan fingerprint density at radius 1 is 1.25 bits per heavy atom. The maximum absolute atomic E-state index is 5.93. The van der Waals surface area contributed by atoms with Gasteiger partial charge in [0.25, 0.3) is 0 Å². The monoisotopic (exact) mass is 225 g/mol. The molecule has 0 amide bonds. The van der Waals surface area contributed by atoms with Crippen LogP contribution in [-0.2, 0) is 4.74 Å². The summed E-state index contributed by atoms with van der Waals surface area (Å²) in [5, 5.41) is 0. The second kappa shape index (κ2) is 4.89. The maximum atomic E-state index is 5.93. The Labute approximate surface area is 100 Å². The molecular formula is C14H27NO. The molecule has 0 aromatic carbocycles. The molecule has 0 heterocycles. The number of rotatable bonds is 4. The smallest absolute Gasteiger partial charge is 0.0649 e. The predicted molar refractivity (Wildman–Crippen MR) is 69.3 cm³/mol. The molecule has 2 heteroatoms. The molecule has 2 nitrogen and oxygen atoms in total.